The minimum atomic E-state index is -0.483. The van der Waals surface area contributed by atoms with E-state index in [1.54, 1.807) is 12.0 Å². The van der Waals surface area contributed by atoms with E-state index >= 15 is 0 Å². The molecule has 3 rings (SSSR count). The van der Waals surface area contributed by atoms with E-state index < -0.39 is 11.8 Å². The van der Waals surface area contributed by atoms with Crippen LogP contribution in [0.15, 0.2) is 24.3 Å². The number of primary amides is 1. The molecule has 2 saturated heterocycles. The van der Waals surface area contributed by atoms with Gasteiger partial charge in [-0.3, -0.25) is 14.4 Å². The maximum atomic E-state index is 12.6. The van der Waals surface area contributed by atoms with Crippen LogP contribution >= 0.6 is 0 Å². The molecule has 0 radical (unpaired) electrons. The lowest BCUT2D eigenvalue weighted by Gasteiger charge is -2.37. The molecule has 8 nitrogen and oxygen atoms in total. The molecular weight excluding hydrogens is 348 g/mol. The second kappa shape index (κ2) is 8.28. The number of nitrogens with zero attached hydrogens (tertiary/aromatic N) is 3. The van der Waals surface area contributed by atoms with Crippen molar-refractivity contribution in [3.63, 3.8) is 0 Å². The van der Waals surface area contributed by atoms with Gasteiger partial charge in [-0.1, -0.05) is 12.1 Å². The number of piperidine rings is 1. The largest absolute Gasteiger partial charge is 0.495 e. The van der Waals surface area contributed by atoms with Crippen LogP contribution in [-0.2, 0) is 14.4 Å². The molecule has 2 aliphatic heterocycles. The van der Waals surface area contributed by atoms with Gasteiger partial charge in [0.25, 0.3) is 0 Å². The van der Waals surface area contributed by atoms with E-state index in [1.165, 1.54) is 4.90 Å². The molecule has 2 fully saturated rings. The number of benzene rings is 1. The summed E-state index contributed by atoms with van der Waals surface area (Å²) in [5.41, 5.74) is 6.31. The van der Waals surface area contributed by atoms with Crippen LogP contribution < -0.4 is 15.4 Å². The number of likely N-dealkylation sites (tertiary alicyclic amines) is 1. The molecular formula is C19H26N4O4. The van der Waals surface area contributed by atoms with Crippen molar-refractivity contribution in [1.29, 1.82) is 0 Å². The van der Waals surface area contributed by atoms with Gasteiger partial charge in [-0.2, -0.15) is 0 Å². The zero-order chi connectivity index (χ0) is 19.4. The SMILES string of the molecule is COc1ccccc1N1CCN(C(=O)C(=O)N2CCC(C(N)=O)CC2)CC1. The molecule has 1 aromatic carbocycles. The second-order valence-electron chi connectivity index (χ2n) is 6.92. The van der Waals surface area contributed by atoms with Crippen LogP contribution in [0.2, 0.25) is 0 Å². The van der Waals surface area contributed by atoms with Crippen LogP contribution in [0.1, 0.15) is 12.8 Å². The number of piperazine rings is 1. The highest BCUT2D eigenvalue weighted by Gasteiger charge is 2.33. The summed E-state index contributed by atoms with van der Waals surface area (Å²) < 4.78 is 5.40. The van der Waals surface area contributed by atoms with Crippen LogP contribution in [0.3, 0.4) is 0 Å². The molecule has 0 spiro atoms. The molecule has 0 aliphatic carbocycles. The first-order chi connectivity index (χ1) is 13.0. The standard InChI is InChI=1S/C19H26N4O4/c1-27-16-5-3-2-4-15(16)21-10-12-23(13-11-21)19(26)18(25)22-8-6-14(7-9-22)17(20)24/h2-5,14H,6-13H2,1H3,(H2,20,24). The predicted octanol–water partition coefficient (Wildman–Crippen LogP) is 0.0677. The first-order valence-corrected chi connectivity index (χ1v) is 9.26. The van der Waals surface area contributed by atoms with Crippen molar-refractivity contribution in [2.24, 2.45) is 11.7 Å². The highest BCUT2D eigenvalue weighted by atomic mass is 16.5. The number of amides is 3. The number of para-hydroxylation sites is 2. The van der Waals surface area contributed by atoms with E-state index in [0.717, 1.165) is 11.4 Å². The van der Waals surface area contributed by atoms with Crippen LogP contribution in [-0.4, -0.2) is 73.9 Å². The first-order valence-electron chi connectivity index (χ1n) is 9.26. The van der Waals surface area contributed by atoms with Gasteiger partial charge in [0.05, 0.1) is 12.8 Å². The normalized spacial score (nSPS) is 18.3. The van der Waals surface area contributed by atoms with Gasteiger partial charge < -0.3 is 25.2 Å². The fourth-order valence-corrected chi connectivity index (χ4v) is 3.68. The third kappa shape index (κ3) is 4.15. The second-order valence-corrected chi connectivity index (χ2v) is 6.92. The van der Waals surface area contributed by atoms with Crippen LogP contribution in [0.25, 0.3) is 0 Å². The van der Waals surface area contributed by atoms with Crippen LogP contribution in [0.4, 0.5) is 5.69 Å². The summed E-state index contributed by atoms with van der Waals surface area (Å²) in [6, 6.07) is 7.77. The highest BCUT2D eigenvalue weighted by molar-refractivity contribution is 6.35. The molecule has 2 aliphatic rings. The summed E-state index contributed by atoms with van der Waals surface area (Å²) in [5, 5.41) is 0. The zero-order valence-electron chi connectivity index (χ0n) is 15.6. The molecule has 0 atom stereocenters. The van der Waals surface area contributed by atoms with Crippen LogP contribution in [0.5, 0.6) is 5.75 Å². The fourth-order valence-electron chi connectivity index (χ4n) is 3.68. The number of anilines is 1. The summed E-state index contributed by atoms with van der Waals surface area (Å²) in [6.45, 7) is 3.06. The van der Waals surface area contributed by atoms with Crippen molar-refractivity contribution in [2.45, 2.75) is 12.8 Å². The molecule has 2 heterocycles. The minimum Gasteiger partial charge on any atom is -0.495 e. The number of hydrogen-bond acceptors (Lipinski definition) is 5. The average Bonchev–Trinajstić information content (AvgIpc) is 2.72. The minimum absolute atomic E-state index is 0.200. The molecule has 0 saturated carbocycles. The highest BCUT2D eigenvalue weighted by Crippen LogP contribution is 2.28. The Morgan fingerprint density at radius 2 is 1.48 bits per heavy atom. The van der Waals surface area contributed by atoms with E-state index in [2.05, 4.69) is 4.90 Å². The van der Waals surface area contributed by atoms with Gasteiger partial charge in [0.2, 0.25) is 5.91 Å². The van der Waals surface area contributed by atoms with Gasteiger partial charge in [0.1, 0.15) is 5.75 Å². The van der Waals surface area contributed by atoms with Crippen molar-refractivity contribution in [2.75, 3.05) is 51.3 Å². The summed E-state index contributed by atoms with van der Waals surface area (Å²) >= 11 is 0. The number of carbonyl (C=O) groups excluding carboxylic acids is 3. The molecule has 27 heavy (non-hydrogen) atoms. The lowest BCUT2D eigenvalue weighted by atomic mass is 9.96. The van der Waals surface area contributed by atoms with Crippen molar-refractivity contribution in [3.05, 3.63) is 24.3 Å². The van der Waals surface area contributed by atoms with Gasteiger partial charge in [-0.15, -0.1) is 0 Å². The number of ether oxygens (including phenoxy) is 1. The molecule has 1 aromatic rings. The van der Waals surface area contributed by atoms with Gasteiger partial charge in [0.15, 0.2) is 0 Å². The van der Waals surface area contributed by atoms with Crippen LogP contribution in [0, 0.1) is 5.92 Å². The van der Waals surface area contributed by atoms with Crippen molar-refractivity contribution < 1.29 is 19.1 Å². The van der Waals surface area contributed by atoms with E-state index in [0.29, 0.717) is 52.1 Å². The Kier molecular flexibility index (Phi) is 5.83. The zero-order valence-corrected chi connectivity index (χ0v) is 15.6. The van der Waals surface area contributed by atoms with Gasteiger partial charge in [0, 0.05) is 45.2 Å². The van der Waals surface area contributed by atoms with Gasteiger partial charge in [-0.25, -0.2) is 0 Å². The molecule has 3 amide bonds. The predicted molar refractivity (Wildman–Crippen MR) is 100 cm³/mol. The van der Waals surface area contributed by atoms with E-state index in [-0.39, 0.29) is 11.8 Å². The first kappa shape index (κ1) is 19.0. The molecule has 0 bridgehead atoms. The number of methoxy groups -OCH3 is 1. The Hall–Kier alpha value is -2.77. The quantitative estimate of drug-likeness (QED) is 0.755. The smallest absolute Gasteiger partial charge is 0.312 e. The van der Waals surface area contributed by atoms with Crippen molar-refractivity contribution >= 4 is 23.4 Å². The van der Waals surface area contributed by atoms with Gasteiger partial charge in [-0.05, 0) is 25.0 Å². The molecule has 0 aromatic heterocycles. The van der Waals surface area contributed by atoms with E-state index in [1.807, 2.05) is 24.3 Å². The molecule has 146 valence electrons. The lowest BCUT2D eigenvalue weighted by Crippen LogP contribution is -2.54. The number of rotatable bonds is 3. The third-order valence-electron chi connectivity index (χ3n) is 5.36. The fraction of sp³-hybridized carbons (Fsp3) is 0.526. The number of carbonyl (C=O) groups is 3. The Bertz CT molecular complexity index is 707. The molecule has 2 N–H and O–H groups in total. The summed E-state index contributed by atoms with van der Waals surface area (Å²) in [5.74, 6) is -0.684. The van der Waals surface area contributed by atoms with Gasteiger partial charge >= 0.3 is 11.8 Å². The summed E-state index contributed by atoms with van der Waals surface area (Å²) in [6.07, 6.45) is 1.05. The maximum Gasteiger partial charge on any atom is 0.312 e. The third-order valence-corrected chi connectivity index (χ3v) is 5.36. The number of hydrogen-bond donors (Lipinski definition) is 1. The Morgan fingerprint density at radius 3 is 2.04 bits per heavy atom. The van der Waals surface area contributed by atoms with E-state index in [9.17, 15) is 14.4 Å². The monoisotopic (exact) mass is 374 g/mol. The topological polar surface area (TPSA) is 96.2 Å². The number of nitrogens with two attached hydrogens (primary N) is 1. The van der Waals surface area contributed by atoms with Crippen molar-refractivity contribution in [1.82, 2.24) is 9.80 Å². The Labute approximate surface area is 158 Å². The Morgan fingerprint density at radius 1 is 0.926 bits per heavy atom. The Balaban J connectivity index is 1.54. The maximum absolute atomic E-state index is 12.6. The van der Waals surface area contributed by atoms with E-state index in [4.69, 9.17) is 10.5 Å². The lowest BCUT2D eigenvalue weighted by molar-refractivity contribution is -0.153. The van der Waals surface area contributed by atoms with Crippen molar-refractivity contribution in [3.8, 4) is 5.75 Å². The molecule has 0 unspecified atom stereocenters. The summed E-state index contributed by atoms with van der Waals surface area (Å²) in [7, 11) is 1.64. The molecule has 8 heteroatoms. The summed E-state index contributed by atoms with van der Waals surface area (Å²) in [4.78, 5) is 41.6. The average molecular weight is 374 g/mol.